The molecule has 1 saturated heterocycles. The number of carbonyl (C=O) groups is 4. The van der Waals surface area contributed by atoms with Crippen LogP contribution in [0.4, 0.5) is 16.2 Å². The molecule has 1 fully saturated rings. The van der Waals surface area contributed by atoms with Gasteiger partial charge in [0.2, 0.25) is 11.8 Å². The van der Waals surface area contributed by atoms with Crippen LogP contribution in [-0.4, -0.2) is 45.8 Å². The van der Waals surface area contributed by atoms with E-state index in [1.165, 1.54) is 4.90 Å². The van der Waals surface area contributed by atoms with E-state index in [4.69, 9.17) is 0 Å². The number of hydrogen-bond acceptors (Lipinski definition) is 4. The third-order valence-electron chi connectivity index (χ3n) is 6.97. The summed E-state index contributed by atoms with van der Waals surface area (Å²) in [6.07, 6.45) is 3.02. The molecule has 1 unspecified atom stereocenters. The molecular weight excluding hydrogens is 470 g/mol. The van der Waals surface area contributed by atoms with Crippen LogP contribution in [0.25, 0.3) is 10.9 Å². The predicted molar refractivity (Wildman–Crippen MR) is 143 cm³/mol. The third kappa shape index (κ3) is 4.34. The minimum atomic E-state index is -0.891. The minimum Gasteiger partial charge on any atom is -0.338 e. The molecular formula is C28H33N5O4. The number of nitrogens with zero attached hydrogens (tertiary/aromatic N) is 2. The first-order chi connectivity index (χ1) is 17.8. The van der Waals surface area contributed by atoms with E-state index in [1.807, 2.05) is 74.9 Å². The van der Waals surface area contributed by atoms with Crippen molar-refractivity contribution < 1.29 is 19.2 Å². The smallest absolute Gasteiger partial charge is 0.324 e. The number of carbonyl (C=O) groups excluding carboxylic acids is 4. The SMILES string of the molecule is CC.CC.CN1C(=O)NC(=O)C12Cc1ccc(NC(=O)Cn3cc4c5c(cccc53)NC(=O)C4)cc1C2. The first-order valence-electron chi connectivity index (χ1n) is 12.8. The summed E-state index contributed by atoms with van der Waals surface area (Å²) in [4.78, 5) is 50.7. The van der Waals surface area contributed by atoms with Crippen LogP contribution < -0.4 is 16.0 Å². The lowest BCUT2D eigenvalue weighted by molar-refractivity contribution is -0.126. The lowest BCUT2D eigenvalue weighted by Crippen LogP contribution is -2.48. The first-order valence-corrected chi connectivity index (χ1v) is 12.8. The van der Waals surface area contributed by atoms with Gasteiger partial charge in [0, 0.05) is 37.2 Å². The van der Waals surface area contributed by atoms with Gasteiger partial charge in [-0.3, -0.25) is 19.7 Å². The van der Waals surface area contributed by atoms with Gasteiger partial charge in [0.1, 0.15) is 12.1 Å². The highest BCUT2D eigenvalue weighted by Gasteiger charge is 2.54. The zero-order valence-electron chi connectivity index (χ0n) is 21.9. The molecule has 3 N–H and O–H groups in total. The Labute approximate surface area is 216 Å². The highest BCUT2D eigenvalue weighted by Crippen LogP contribution is 2.38. The fraction of sp³-hybridized carbons (Fsp3) is 0.357. The van der Waals surface area contributed by atoms with Crippen molar-refractivity contribution in [3.05, 3.63) is 59.3 Å². The largest absolute Gasteiger partial charge is 0.338 e. The molecule has 2 aromatic carbocycles. The van der Waals surface area contributed by atoms with Gasteiger partial charge < -0.3 is 20.1 Å². The number of hydrogen-bond donors (Lipinski definition) is 3. The van der Waals surface area contributed by atoms with Gasteiger partial charge in [0.15, 0.2) is 0 Å². The average molecular weight is 504 g/mol. The number of imide groups is 1. The molecule has 3 aromatic rings. The molecule has 1 atom stereocenters. The lowest BCUT2D eigenvalue weighted by atomic mass is 9.95. The second kappa shape index (κ2) is 10.1. The number of urea groups is 1. The standard InChI is InChI=1S/C24H21N5O4.2C2H6/c1-28-23(33)27-22(32)24(28)9-13-5-6-16(7-14(13)10-24)25-20(31)12-29-11-15-8-19(30)26-17-3-2-4-18(29)21(15)17;2*1-2/h2-7,11H,8-10,12H2,1H3,(H,25,31)(H,26,30)(H,27,32,33);2*1-2H3. The molecule has 0 bridgehead atoms. The van der Waals surface area contributed by atoms with Crippen molar-refractivity contribution >= 4 is 46.0 Å². The maximum absolute atomic E-state index is 12.9. The van der Waals surface area contributed by atoms with Gasteiger partial charge in [-0.05, 0) is 41.0 Å². The van der Waals surface area contributed by atoms with Gasteiger partial charge in [0.05, 0.1) is 17.6 Å². The highest BCUT2D eigenvalue weighted by atomic mass is 16.2. The van der Waals surface area contributed by atoms with Crippen molar-refractivity contribution in [1.29, 1.82) is 0 Å². The molecule has 9 nitrogen and oxygen atoms in total. The van der Waals surface area contributed by atoms with Gasteiger partial charge in [-0.25, -0.2) is 4.79 Å². The molecule has 9 heteroatoms. The molecule has 6 rings (SSSR count). The van der Waals surface area contributed by atoms with E-state index in [0.717, 1.165) is 33.3 Å². The quantitative estimate of drug-likeness (QED) is 0.471. The number of amides is 5. The summed E-state index contributed by atoms with van der Waals surface area (Å²) in [5, 5.41) is 9.18. The Morgan fingerprint density at radius 2 is 1.70 bits per heavy atom. The number of nitrogens with one attached hydrogen (secondary N) is 3. The molecule has 2 aliphatic heterocycles. The predicted octanol–water partition coefficient (Wildman–Crippen LogP) is 3.85. The van der Waals surface area contributed by atoms with Gasteiger partial charge >= 0.3 is 6.03 Å². The second-order valence-corrected chi connectivity index (χ2v) is 8.94. The van der Waals surface area contributed by atoms with Gasteiger partial charge in [-0.15, -0.1) is 0 Å². The van der Waals surface area contributed by atoms with Gasteiger partial charge in [0.25, 0.3) is 5.91 Å². The Morgan fingerprint density at radius 1 is 0.973 bits per heavy atom. The number of anilines is 2. The van der Waals surface area contributed by atoms with Gasteiger partial charge in [-0.2, -0.15) is 0 Å². The Bertz CT molecular complexity index is 1410. The number of rotatable bonds is 3. The summed E-state index contributed by atoms with van der Waals surface area (Å²) in [5.74, 6) is -0.533. The van der Waals surface area contributed by atoms with Crippen LogP contribution in [0, 0.1) is 0 Å². The Hall–Kier alpha value is -4.14. The maximum Gasteiger partial charge on any atom is 0.324 e. The van der Waals surface area contributed by atoms with Crippen molar-refractivity contribution in [3.8, 4) is 0 Å². The summed E-state index contributed by atoms with van der Waals surface area (Å²) in [6, 6.07) is 10.9. The van der Waals surface area contributed by atoms with Crippen LogP contribution in [0.1, 0.15) is 44.4 Å². The zero-order chi connectivity index (χ0) is 26.9. The topological polar surface area (TPSA) is 113 Å². The van der Waals surface area contributed by atoms with Crippen LogP contribution in [0.15, 0.2) is 42.6 Å². The molecule has 0 saturated carbocycles. The van der Waals surface area contributed by atoms with E-state index < -0.39 is 5.54 Å². The number of fused-ring (bicyclic) bond motifs is 1. The van der Waals surface area contributed by atoms with Crippen LogP contribution in [0.2, 0.25) is 0 Å². The number of aromatic nitrogens is 1. The van der Waals surface area contributed by atoms with Crippen LogP contribution in [-0.2, 0) is 40.2 Å². The first kappa shape index (κ1) is 25.9. The van der Waals surface area contributed by atoms with Crippen molar-refractivity contribution in [2.24, 2.45) is 0 Å². The molecule has 0 radical (unpaired) electrons. The summed E-state index contributed by atoms with van der Waals surface area (Å²) < 4.78 is 1.86. The molecule has 1 aliphatic carbocycles. The monoisotopic (exact) mass is 503 g/mol. The highest BCUT2D eigenvalue weighted by molar-refractivity contribution is 6.09. The molecule has 5 amide bonds. The Kier molecular flexibility index (Phi) is 7.07. The van der Waals surface area contributed by atoms with E-state index >= 15 is 0 Å². The number of likely N-dealkylation sites (N-methyl/N-ethyl adjacent to an activating group) is 1. The normalized spacial score (nSPS) is 18.9. The van der Waals surface area contributed by atoms with Crippen LogP contribution in [0.3, 0.4) is 0 Å². The summed E-state index contributed by atoms with van der Waals surface area (Å²) in [5.41, 5.74) is 4.26. The van der Waals surface area contributed by atoms with Crippen molar-refractivity contribution in [2.45, 2.75) is 59.0 Å². The average Bonchev–Trinajstić information content (AvgIpc) is 3.51. The molecule has 37 heavy (non-hydrogen) atoms. The lowest BCUT2D eigenvalue weighted by Gasteiger charge is -2.27. The maximum atomic E-state index is 12.9. The van der Waals surface area contributed by atoms with Crippen LogP contribution >= 0.6 is 0 Å². The van der Waals surface area contributed by atoms with Crippen molar-refractivity contribution in [1.82, 2.24) is 14.8 Å². The second-order valence-electron chi connectivity index (χ2n) is 8.94. The molecule has 3 aliphatic rings. The summed E-state index contributed by atoms with van der Waals surface area (Å²) >= 11 is 0. The minimum absolute atomic E-state index is 0.0589. The van der Waals surface area contributed by atoms with Crippen molar-refractivity contribution in [2.75, 3.05) is 17.7 Å². The molecule has 1 spiro atoms. The van der Waals surface area contributed by atoms with Gasteiger partial charge in [-0.1, -0.05) is 39.8 Å². The Balaban J connectivity index is 0.000000765. The van der Waals surface area contributed by atoms with E-state index in [1.54, 1.807) is 7.05 Å². The van der Waals surface area contributed by atoms with E-state index in [-0.39, 0.29) is 30.3 Å². The summed E-state index contributed by atoms with van der Waals surface area (Å²) in [6.45, 7) is 8.11. The summed E-state index contributed by atoms with van der Waals surface area (Å²) in [7, 11) is 1.63. The zero-order valence-corrected chi connectivity index (χ0v) is 21.9. The fourth-order valence-corrected chi connectivity index (χ4v) is 5.31. The molecule has 1 aromatic heterocycles. The van der Waals surface area contributed by atoms with E-state index in [9.17, 15) is 19.2 Å². The van der Waals surface area contributed by atoms with Crippen molar-refractivity contribution in [3.63, 3.8) is 0 Å². The number of benzene rings is 2. The van der Waals surface area contributed by atoms with E-state index in [2.05, 4.69) is 16.0 Å². The van der Waals surface area contributed by atoms with Crippen LogP contribution in [0.5, 0.6) is 0 Å². The molecule has 194 valence electrons. The van der Waals surface area contributed by atoms with E-state index in [0.29, 0.717) is 24.9 Å². The molecule has 3 heterocycles. The Morgan fingerprint density at radius 3 is 2.41 bits per heavy atom. The fourth-order valence-electron chi connectivity index (χ4n) is 5.31. The third-order valence-corrected chi connectivity index (χ3v) is 6.97.